The molecule has 0 aliphatic carbocycles. The van der Waals surface area contributed by atoms with E-state index >= 15 is 0 Å². The van der Waals surface area contributed by atoms with Crippen molar-refractivity contribution in [2.24, 2.45) is 0 Å². The van der Waals surface area contributed by atoms with Crippen molar-refractivity contribution in [3.8, 4) is 5.75 Å². The first-order valence-corrected chi connectivity index (χ1v) is 8.09. The predicted octanol–water partition coefficient (Wildman–Crippen LogP) is 5.08. The van der Waals surface area contributed by atoms with Crippen LogP contribution in [-0.4, -0.2) is 13.7 Å². The largest absolute Gasteiger partial charge is 0.497 e. The summed E-state index contributed by atoms with van der Waals surface area (Å²) in [7, 11) is 1.72. The second-order valence-electron chi connectivity index (χ2n) is 4.85. The van der Waals surface area contributed by atoms with Crippen molar-refractivity contribution in [3.63, 3.8) is 0 Å². The molecule has 0 saturated heterocycles. The van der Waals surface area contributed by atoms with Crippen LogP contribution in [-0.2, 0) is 0 Å². The quantitative estimate of drug-likeness (QED) is 0.638. The van der Waals surface area contributed by atoms with E-state index in [1.165, 1.54) is 37.7 Å². The Morgan fingerprint density at radius 1 is 1.21 bits per heavy atom. The fraction of sp³-hybridized carbons (Fsp3) is 0.625. The van der Waals surface area contributed by atoms with E-state index in [4.69, 9.17) is 4.74 Å². The summed E-state index contributed by atoms with van der Waals surface area (Å²) < 4.78 is 6.49. The summed E-state index contributed by atoms with van der Waals surface area (Å²) >= 11 is 3.66. The summed E-state index contributed by atoms with van der Waals surface area (Å²) in [6.45, 7) is 5.40. The van der Waals surface area contributed by atoms with Gasteiger partial charge in [0.2, 0.25) is 0 Å². The van der Waals surface area contributed by atoms with Crippen molar-refractivity contribution in [1.29, 1.82) is 0 Å². The van der Waals surface area contributed by atoms with Gasteiger partial charge < -0.3 is 10.1 Å². The van der Waals surface area contributed by atoms with E-state index in [0.717, 1.165) is 16.8 Å². The molecule has 0 amide bonds. The molecule has 1 unspecified atom stereocenters. The molecule has 3 heteroatoms. The van der Waals surface area contributed by atoms with Gasteiger partial charge in [-0.25, -0.2) is 0 Å². The number of rotatable bonds is 9. The van der Waals surface area contributed by atoms with Crippen LogP contribution in [0.4, 0.5) is 0 Å². The van der Waals surface area contributed by atoms with Gasteiger partial charge in [-0.05, 0) is 36.7 Å². The molecule has 19 heavy (non-hydrogen) atoms. The highest BCUT2D eigenvalue weighted by Crippen LogP contribution is 2.30. The lowest BCUT2D eigenvalue weighted by molar-refractivity contribution is 0.411. The molecule has 1 aromatic carbocycles. The van der Waals surface area contributed by atoms with Gasteiger partial charge in [-0.2, -0.15) is 0 Å². The van der Waals surface area contributed by atoms with E-state index in [1.807, 2.05) is 6.07 Å². The van der Waals surface area contributed by atoms with Crippen LogP contribution < -0.4 is 10.1 Å². The minimum Gasteiger partial charge on any atom is -0.497 e. The normalized spacial score (nSPS) is 12.4. The molecule has 0 bridgehead atoms. The van der Waals surface area contributed by atoms with Crippen LogP contribution in [0.15, 0.2) is 22.7 Å². The van der Waals surface area contributed by atoms with Gasteiger partial charge in [0, 0.05) is 10.5 Å². The van der Waals surface area contributed by atoms with Crippen LogP contribution in [0, 0.1) is 0 Å². The van der Waals surface area contributed by atoms with E-state index in [0.29, 0.717) is 6.04 Å². The standard InChI is InChI=1S/C16H26BrNO/c1-4-6-7-8-9-16(18-5-2)14-12-13(19-3)10-11-15(14)17/h10-12,16,18H,4-9H2,1-3H3. The summed E-state index contributed by atoms with van der Waals surface area (Å²) in [5, 5.41) is 3.58. The Morgan fingerprint density at radius 3 is 2.63 bits per heavy atom. The molecule has 0 aliphatic heterocycles. The highest BCUT2D eigenvalue weighted by atomic mass is 79.9. The monoisotopic (exact) mass is 327 g/mol. The first-order chi connectivity index (χ1) is 9.22. The van der Waals surface area contributed by atoms with Crippen LogP contribution in [0.25, 0.3) is 0 Å². The van der Waals surface area contributed by atoms with Gasteiger partial charge in [0.25, 0.3) is 0 Å². The van der Waals surface area contributed by atoms with E-state index in [2.05, 4.69) is 47.2 Å². The lowest BCUT2D eigenvalue weighted by Crippen LogP contribution is -2.21. The van der Waals surface area contributed by atoms with Crippen LogP contribution >= 0.6 is 15.9 Å². The number of hydrogen-bond acceptors (Lipinski definition) is 2. The number of hydrogen-bond donors (Lipinski definition) is 1. The number of ether oxygens (including phenoxy) is 1. The highest BCUT2D eigenvalue weighted by Gasteiger charge is 2.14. The Kier molecular flexibility index (Phi) is 8.15. The smallest absolute Gasteiger partial charge is 0.119 e. The predicted molar refractivity (Wildman–Crippen MR) is 85.9 cm³/mol. The highest BCUT2D eigenvalue weighted by molar-refractivity contribution is 9.10. The zero-order valence-electron chi connectivity index (χ0n) is 12.3. The first kappa shape index (κ1) is 16.5. The lowest BCUT2D eigenvalue weighted by atomic mass is 9.99. The molecule has 1 atom stereocenters. The van der Waals surface area contributed by atoms with Gasteiger partial charge >= 0.3 is 0 Å². The summed E-state index contributed by atoms with van der Waals surface area (Å²) in [6, 6.07) is 6.61. The van der Waals surface area contributed by atoms with Crippen molar-refractivity contribution in [2.75, 3.05) is 13.7 Å². The van der Waals surface area contributed by atoms with E-state index in [1.54, 1.807) is 7.11 Å². The second kappa shape index (κ2) is 9.38. The molecule has 2 nitrogen and oxygen atoms in total. The number of halogens is 1. The van der Waals surface area contributed by atoms with E-state index in [9.17, 15) is 0 Å². The van der Waals surface area contributed by atoms with Crippen molar-refractivity contribution in [1.82, 2.24) is 5.32 Å². The van der Waals surface area contributed by atoms with Crippen molar-refractivity contribution in [2.45, 2.75) is 52.0 Å². The van der Waals surface area contributed by atoms with Crippen LogP contribution in [0.1, 0.15) is 57.6 Å². The number of nitrogens with one attached hydrogen (secondary N) is 1. The molecule has 0 saturated carbocycles. The number of methoxy groups -OCH3 is 1. The third-order valence-electron chi connectivity index (χ3n) is 3.38. The molecule has 0 radical (unpaired) electrons. The zero-order chi connectivity index (χ0) is 14.1. The summed E-state index contributed by atoms with van der Waals surface area (Å²) in [5.41, 5.74) is 1.30. The third-order valence-corrected chi connectivity index (χ3v) is 4.10. The maximum Gasteiger partial charge on any atom is 0.119 e. The Bertz CT molecular complexity index is 368. The van der Waals surface area contributed by atoms with Crippen LogP contribution in [0.2, 0.25) is 0 Å². The molecule has 1 aromatic rings. The minimum atomic E-state index is 0.409. The Hall–Kier alpha value is -0.540. The molecule has 0 fully saturated rings. The van der Waals surface area contributed by atoms with Crippen molar-refractivity contribution in [3.05, 3.63) is 28.2 Å². The molecular formula is C16H26BrNO. The molecule has 1 N–H and O–H groups in total. The average Bonchev–Trinajstić information content (AvgIpc) is 2.43. The topological polar surface area (TPSA) is 21.3 Å². The maximum atomic E-state index is 5.33. The molecule has 1 rings (SSSR count). The van der Waals surface area contributed by atoms with Gasteiger partial charge in [0.05, 0.1) is 7.11 Å². The SMILES string of the molecule is CCCCCCC(NCC)c1cc(OC)ccc1Br. The van der Waals surface area contributed by atoms with E-state index < -0.39 is 0 Å². The van der Waals surface area contributed by atoms with Gasteiger partial charge in [-0.15, -0.1) is 0 Å². The second-order valence-corrected chi connectivity index (χ2v) is 5.70. The average molecular weight is 328 g/mol. The summed E-state index contributed by atoms with van der Waals surface area (Å²) in [4.78, 5) is 0. The number of unbranched alkanes of at least 4 members (excludes halogenated alkanes) is 3. The summed E-state index contributed by atoms with van der Waals surface area (Å²) in [5.74, 6) is 0.926. The maximum absolute atomic E-state index is 5.33. The van der Waals surface area contributed by atoms with Crippen LogP contribution in [0.3, 0.4) is 0 Å². The first-order valence-electron chi connectivity index (χ1n) is 7.29. The Balaban J connectivity index is 2.73. The van der Waals surface area contributed by atoms with Crippen molar-refractivity contribution < 1.29 is 4.74 Å². The molecule has 0 aromatic heterocycles. The Morgan fingerprint density at radius 2 is 2.00 bits per heavy atom. The van der Waals surface area contributed by atoms with Gasteiger partial charge in [-0.3, -0.25) is 0 Å². The molecule has 0 heterocycles. The molecular weight excluding hydrogens is 302 g/mol. The third kappa shape index (κ3) is 5.53. The molecule has 108 valence electrons. The van der Waals surface area contributed by atoms with Crippen LogP contribution in [0.5, 0.6) is 5.75 Å². The minimum absolute atomic E-state index is 0.409. The molecule has 0 aliphatic rings. The lowest BCUT2D eigenvalue weighted by Gasteiger charge is -2.20. The Labute approximate surface area is 126 Å². The number of benzene rings is 1. The fourth-order valence-corrected chi connectivity index (χ4v) is 2.83. The van der Waals surface area contributed by atoms with Gasteiger partial charge in [-0.1, -0.05) is 55.5 Å². The van der Waals surface area contributed by atoms with Gasteiger partial charge in [0.15, 0.2) is 0 Å². The molecule has 0 spiro atoms. The summed E-state index contributed by atoms with van der Waals surface area (Å²) in [6.07, 6.45) is 6.39. The van der Waals surface area contributed by atoms with Crippen molar-refractivity contribution >= 4 is 15.9 Å². The zero-order valence-corrected chi connectivity index (χ0v) is 13.9. The fourth-order valence-electron chi connectivity index (χ4n) is 2.31. The van der Waals surface area contributed by atoms with Gasteiger partial charge in [0.1, 0.15) is 5.75 Å². The van der Waals surface area contributed by atoms with E-state index in [-0.39, 0.29) is 0 Å².